The summed E-state index contributed by atoms with van der Waals surface area (Å²) in [6.45, 7) is 0. The first-order valence-corrected chi connectivity index (χ1v) is 12.6. The molecule has 39 heavy (non-hydrogen) atoms. The van der Waals surface area contributed by atoms with E-state index in [-0.39, 0.29) is 29.6 Å². The third kappa shape index (κ3) is 7.89. The molecule has 0 aliphatic rings. The van der Waals surface area contributed by atoms with Gasteiger partial charge in [0.2, 0.25) is 10.6 Å². The molecule has 0 saturated carbocycles. The van der Waals surface area contributed by atoms with Gasteiger partial charge in [-0.3, -0.25) is 9.36 Å². The standard InChI is InChI=1S/C12H8ClFN4.C8H6BrFN2.C4H2Cl2N2.CH4/c1-18-6-8-4-7(5-9(14)11(8)17-18)10-2-3-15-12(13)16-10;1-12-4-5-2-6(9)3-7(10)8(5)11-12;5-3-1-2-7-4(6)8-3;/h2-6H,1H3;2-4H,1H3;1-2H;1H4. The predicted molar refractivity (Wildman–Crippen MR) is 154 cm³/mol. The Balaban J connectivity index is 0.000000173. The number of benzene rings is 2. The molecule has 8 nitrogen and oxygen atoms in total. The van der Waals surface area contributed by atoms with Crippen LogP contribution in [0, 0.1) is 11.6 Å². The molecule has 0 bridgehead atoms. The summed E-state index contributed by atoms with van der Waals surface area (Å²) in [5.74, 6) is -0.669. The monoisotopic (exact) mass is 654 g/mol. The number of aryl methyl sites for hydroxylation is 2. The van der Waals surface area contributed by atoms with E-state index in [1.165, 1.54) is 24.5 Å². The molecular formula is C25H20BrCl3F2N8. The highest BCUT2D eigenvalue weighted by atomic mass is 79.9. The zero-order valence-corrected chi connectivity index (χ0v) is 23.5. The van der Waals surface area contributed by atoms with E-state index in [0.717, 1.165) is 15.2 Å². The molecule has 0 spiro atoms. The molecule has 0 radical (unpaired) electrons. The molecule has 0 fully saturated rings. The Morgan fingerprint density at radius 1 is 0.744 bits per heavy atom. The van der Waals surface area contributed by atoms with Crippen LogP contribution in [0.2, 0.25) is 15.7 Å². The van der Waals surface area contributed by atoms with Crippen molar-refractivity contribution >= 4 is 72.5 Å². The summed E-state index contributed by atoms with van der Waals surface area (Å²) in [6, 6.07) is 9.72. The summed E-state index contributed by atoms with van der Waals surface area (Å²) in [7, 11) is 3.52. The highest BCUT2D eigenvalue weighted by Crippen LogP contribution is 2.25. The number of aromatic nitrogens is 8. The Hall–Kier alpha value is -3.25. The van der Waals surface area contributed by atoms with Crippen LogP contribution >= 0.6 is 50.7 Å². The van der Waals surface area contributed by atoms with Gasteiger partial charge in [-0.15, -0.1) is 0 Å². The number of halogens is 6. The number of hydrogen-bond acceptors (Lipinski definition) is 6. The molecule has 0 aliphatic carbocycles. The lowest BCUT2D eigenvalue weighted by atomic mass is 10.1. The van der Waals surface area contributed by atoms with E-state index in [4.69, 9.17) is 34.8 Å². The van der Waals surface area contributed by atoms with Crippen molar-refractivity contribution in [3.63, 3.8) is 0 Å². The lowest BCUT2D eigenvalue weighted by Gasteiger charge is -2.01. The minimum Gasteiger partial charge on any atom is -0.274 e. The van der Waals surface area contributed by atoms with Crippen molar-refractivity contribution in [2.75, 3.05) is 0 Å². The van der Waals surface area contributed by atoms with Gasteiger partial charge in [0.25, 0.3) is 0 Å². The summed E-state index contributed by atoms with van der Waals surface area (Å²) in [6.07, 6.45) is 6.57. The zero-order chi connectivity index (χ0) is 27.4. The molecule has 0 aliphatic heterocycles. The van der Waals surface area contributed by atoms with Crippen molar-refractivity contribution in [3.05, 3.63) is 93.0 Å². The maximum atomic E-state index is 13.9. The van der Waals surface area contributed by atoms with Gasteiger partial charge in [0.05, 0.1) is 5.69 Å². The molecule has 14 heteroatoms. The van der Waals surface area contributed by atoms with Gasteiger partial charge in [-0.1, -0.05) is 35.0 Å². The van der Waals surface area contributed by atoms with Gasteiger partial charge < -0.3 is 0 Å². The minimum absolute atomic E-state index is 0. The smallest absolute Gasteiger partial charge is 0.223 e. The van der Waals surface area contributed by atoms with E-state index in [1.807, 2.05) is 12.1 Å². The van der Waals surface area contributed by atoms with Crippen LogP contribution in [0.1, 0.15) is 7.43 Å². The van der Waals surface area contributed by atoms with Gasteiger partial charge in [0.15, 0.2) is 11.6 Å². The molecule has 0 saturated heterocycles. The Morgan fingerprint density at radius 3 is 1.82 bits per heavy atom. The first kappa shape index (κ1) is 30.3. The molecular weight excluding hydrogens is 637 g/mol. The van der Waals surface area contributed by atoms with Crippen molar-refractivity contribution in [2.45, 2.75) is 7.43 Å². The van der Waals surface area contributed by atoms with Crippen LogP contribution in [0.4, 0.5) is 8.78 Å². The third-order valence-corrected chi connectivity index (χ3v) is 5.86. The first-order valence-electron chi connectivity index (χ1n) is 10.6. The van der Waals surface area contributed by atoms with Crippen molar-refractivity contribution in [1.29, 1.82) is 0 Å². The molecule has 0 unspecified atom stereocenters. The van der Waals surface area contributed by atoms with Crippen LogP contribution in [-0.2, 0) is 14.1 Å². The number of rotatable bonds is 1. The summed E-state index contributed by atoms with van der Waals surface area (Å²) >= 11 is 19.7. The fourth-order valence-electron chi connectivity index (χ4n) is 3.35. The van der Waals surface area contributed by atoms with E-state index in [2.05, 4.69) is 46.1 Å². The van der Waals surface area contributed by atoms with Crippen LogP contribution in [0.15, 0.2) is 65.7 Å². The van der Waals surface area contributed by atoms with Gasteiger partial charge in [-0.25, -0.2) is 28.7 Å². The fourth-order valence-corrected chi connectivity index (χ4v) is 4.27. The van der Waals surface area contributed by atoms with Gasteiger partial charge in [-0.05, 0) is 59.6 Å². The third-order valence-electron chi connectivity index (χ3n) is 4.83. The maximum Gasteiger partial charge on any atom is 0.223 e. The van der Waals surface area contributed by atoms with E-state index in [1.54, 1.807) is 48.0 Å². The highest BCUT2D eigenvalue weighted by molar-refractivity contribution is 9.10. The van der Waals surface area contributed by atoms with Gasteiger partial charge in [0, 0.05) is 59.7 Å². The van der Waals surface area contributed by atoms with Crippen molar-refractivity contribution in [2.24, 2.45) is 14.1 Å². The lowest BCUT2D eigenvalue weighted by molar-refractivity contribution is 0.631. The highest BCUT2D eigenvalue weighted by Gasteiger charge is 2.10. The molecule has 2 aromatic carbocycles. The van der Waals surface area contributed by atoms with Crippen LogP contribution < -0.4 is 0 Å². The van der Waals surface area contributed by atoms with E-state index in [0.29, 0.717) is 27.4 Å². The average molecular weight is 657 g/mol. The molecule has 0 atom stereocenters. The van der Waals surface area contributed by atoms with Crippen LogP contribution in [-0.4, -0.2) is 39.5 Å². The second kappa shape index (κ2) is 13.2. The topological polar surface area (TPSA) is 87.2 Å². The molecule has 6 rings (SSSR count). The van der Waals surface area contributed by atoms with Crippen molar-refractivity contribution in [3.8, 4) is 11.3 Å². The number of fused-ring (bicyclic) bond motifs is 2. The second-order valence-corrected chi connectivity index (χ2v) is 9.67. The first-order chi connectivity index (χ1) is 18.1. The van der Waals surface area contributed by atoms with Gasteiger partial charge in [0.1, 0.15) is 16.2 Å². The summed E-state index contributed by atoms with van der Waals surface area (Å²) < 4.78 is 31.0. The molecule has 202 valence electrons. The van der Waals surface area contributed by atoms with Crippen LogP contribution in [0.5, 0.6) is 0 Å². The molecule has 4 heterocycles. The largest absolute Gasteiger partial charge is 0.274 e. The van der Waals surface area contributed by atoms with E-state index < -0.39 is 0 Å². The number of nitrogens with zero attached hydrogens (tertiary/aromatic N) is 8. The summed E-state index contributed by atoms with van der Waals surface area (Å²) in [5.41, 5.74) is 2.00. The summed E-state index contributed by atoms with van der Waals surface area (Å²) in [5, 5.41) is 10.2. The minimum atomic E-state index is -0.377. The van der Waals surface area contributed by atoms with Gasteiger partial charge >= 0.3 is 0 Å². The normalized spacial score (nSPS) is 10.4. The van der Waals surface area contributed by atoms with Crippen LogP contribution in [0.25, 0.3) is 33.1 Å². The predicted octanol–water partition coefficient (Wildman–Crippen LogP) is 7.72. The molecule has 0 amide bonds. The second-order valence-electron chi connectivity index (χ2n) is 7.69. The van der Waals surface area contributed by atoms with Gasteiger partial charge in [-0.2, -0.15) is 10.2 Å². The Kier molecular flexibility index (Phi) is 10.3. The molecule has 0 N–H and O–H groups in total. The Bertz CT molecular complexity index is 1720. The SMILES string of the molecule is C.Clc1ccnc(Cl)n1.Cn1cc2cc(-c3ccnc(Cl)n3)cc(F)c2n1.Cn1cc2cc(Br)cc(F)c2n1. The fraction of sp³-hybridized carbons (Fsp3) is 0.120. The maximum absolute atomic E-state index is 13.9. The lowest BCUT2D eigenvalue weighted by Crippen LogP contribution is -1.89. The van der Waals surface area contributed by atoms with Crippen LogP contribution in [0.3, 0.4) is 0 Å². The van der Waals surface area contributed by atoms with Crippen molar-refractivity contribution < 1.29 is 8.78 Å². The molecule has 6 aromatic rings. The van der Waals surface area contributed by atoms with Crippen molar-refractivity contribution in [1.82, 2.24) is 39.5 Å². The Labute approximate surface area is 245 Å². The average Bonchev–Trinajstić information content (AvgIpc) is 3.41. The summed E-state index contributed by atoms with van der Waals surface area (Å²) in [4.78, 5) is 15.1. The van der Waals surface area contributed by atoms with E-state index >= 15 is 0 Å². The van der Waals surface area contributed by atoms with E-state index in [9.17, 15) is 8.78 Å². The zero-order valence-electron chi connectivity index (χ0n) is 19.6. The number of hydrogen-bond donors (Lipinski definition) is 0. The quantitative estimate of drug-likeness (QED) is 0.133. The molecule has 4 aromatic heterocycles. The Morgan fingerprint density at radius 2 is 1.28 bits per heavy atom.